The lowest BCUT2D eigenvalue weighted by Gasteiger charge is -2.35. The van der Waals surface area contributed by atoms with Crippen molar-refractivity contribution in [2.75, 3.05) is 31.0 Å². The van der Waals surface area contributed by atoms with E-state index in [1.165, 1.54) is 21.9 Å². The number of piperazine rings is 1. The van der Waals surface area contributed by atoms with Crippen molar-refractivity contribution in [3.8, 4) is 0 Å². The maximum atomic E-state index is 13.4. The lowest BCUT2D eigenvalue weighted by Crippen LogP contribution is -2.55. The van der Waals surface area contributed by atoms with Crippen molar-refractivity contribution >= 4 is 33.5 Å². The molecule has 1 aromatic heterocycles. The topological polar surface area (TPSA) is 91.8 Å². The number of carbonyl (C=O) groups is 1. The summed E-state index contributed by atoms with van der Waals surface area (Å²) < 4.78 is 34.3. The Bertz CT molecular complexity index is 968. The molecule has 2 heterocycles. The lowest BCUT2D eigenvalue weighted by molar-refractivity contribution is 0.0600. The summed E-state index contributed by atoms with van der Waals surface area (Å²) in [7, 11) is -2.53. The van der Waals surface area contributed by atoms with Crippen LogP contribution in [0.3, 0.4) is 0 Å². The van der Waals surface area contributed by atoms with Crippen LogP contribution in [0.15, 0.2) is 42.6 Å². The Balaban J connectivity index is 1.94. The van der Waals surface area contributed by atoms with Crippen molar-refractivity contribution in [3.63, 3.8) is 0 Å². The number of hydrogen-bond donors (Lipinski definition) is 1. The molecule has 0 saturated carbocycles. The first-order chi connectivity index (χ1) is 13.8. The van der Waals surface area contributed by atoms with E-state index in [2.05, 4.69) is 15.0 Å². The number of nitrogens with zero attached hydrogens (tertiary/aromatic N) is 3. The number of benzene rings is 1. The number of ether oxygens (including phenoxy) is 1. The maximum Gasteiger partial charge on any atom is 0.339 e. The van der Waals surface area contributed by atoms with E-state index in [9.17, 15) is 13.2 Å². The highest BCUT2D eigenvalue weighted by Gasteiger charge is 2.33. The van der Waals surface area contributed by atoms with Gasteiger partial charge in [0.05, 0.1) is 30.6 Å². The van der Waals surface area contributed by atoms with Crippen LogP contribution in [0.25, 0.3) is 0 Å². The van der Waals surface area contributed by atoms with Crippen LogP contribution in [0.1, 0.15) is 23.0 Å². The number of carbonyl (C=O) groups excluding carboxylic acids is 1. The molecule has 0 amide bonds. The predicted octanol–water partition coefficient (Wildman–Crippen LogP) is 2.07. The van der Waals surface area contributed by atoms with Crippen molar-refractivity contribution in [3.05, 3.63) is 58.9 Å². The Labute approximate surface area is 175 Å². The summed E-state index contributed by atoms with van der Waals surface area (Å²) in [6, 6.07) is 9.91. The van der Waals surface area contributed by atoms with Gasteiger partial charge < -0.3 is 10.1 Å². The number of rotatable bonds is 6. The fourth-order valence-electron chi connectivity index (χ4n) is 3.09. The van der Waals surface area contributed by atoms with Crippen LogP contribution < -0.4 is 9.62 Å². The van der Waals surface area contributed by atoms with Gasteiger partial charge in [-0.3, -0.25) is 9.29 Å². The van der Waals surface area contributed by atoms with Crippen LogP contribution >= 0.6 is 11.6 Å². The zero-order chi connectivity index (χ0) is 21.0. The maximum absolute atomic E-state index is 13.4. The molecule has 1 saturated heterocycles. The molecule has 1 aliphatic rings. The van der Waals surface area contributed by atoms with E-state index in [1.54, 1.807) is 36.4 Å². The normalized spacial score (nSPS) is 17.7. The number of anilines is 1. The second-order valence-corrected chi connectivity index (χ2v) is 9.03. The molecule has 1 N–H and O–H groups in total. The van der Waals surface area contributed by atoms with Gasteiger partial charge in [-0.25, -0.2) is 4.79 Å². The van der Waals surface area contributed by atoms with Crippen molar-refractivity contribution in [2.45, 2.75) is 19.5 Å². The smallest absolute Gasteiger partial charge is 0.339 e. The summed E-state index contributed by atoms with van der Waals surface area (Å²) in [6.45, 7) is 3.27. The minimum absolute atomic E-state index is 0.00242. The third-order valence-corrected chi connectivity index (χ3v) is 6.70. The summed E-state index contributed by atoms with van der Waals surface area (Å²) in [6.07, 6.45) is 1.37. The van der Waals surface area contributed by atoms with Crippen molar-refractivity contribution < 1.29 is 17.9 Å². The van der Waals surface area contributed by atoms with E-state index in [-0.39, 0.29) is 12.6 Å². The van der Waals surface area contributed by atoms with Gasteiger partial charge in [-0.15, -0.1) is 0 Å². The number of esters is 1. The van der Waals surface area contributed by atoms with Crippen LogP contribution in [0.2, 0.25) is 5.02 Å². The lowest BCUT2D eigenvalue weighted by atomic mass is 10.2. The van der Waals surface area contributed by atoms with Crippen LogP contribution in [-0.2, 0) is 21.5 Å². The summed E-state index contributed by atoms with van der Waals surface area (Å²) in [5.74, 6) is -0.502. The summed E-state index contributed by atoms with van der Waals surface area (Å²) in [4.78, 5) is 15.8. The molecule has 0 spiro atoms. The molecular weight excluding hydrogens is 416 g/mol. The second-order valence-electron chi connectivity index (χ2n) is 6.74. The summed E-state index contributed by atoms with van der Waals surface area (Å²) >= 11 is 6.11. The van der Waals surface area contributed by atoms with E-state index < -0.39 is 16.2 Å². The monoisotopic (exact) mass is 438 g/mol. The molecule has 29 heavy (non-hydrogen) atoms. The first kappa shape index (κ1) is 21.5. The molecule has 1 atom stereocenters. The molecule has 0 radical (unpaired) electrons. The minimum Gasteiger partial charge on any atom is -0.465 e. The van der Waals surface area contributed by atoms with Crippen molar-refractivity contribution in [1.29, 1.82) is 0 Å². The van der Waals surface area contributed by atoms with Gasteiger partial charge >= 0.3 is 16.2 Å². The number of aromatic nitrogens is 1. The fourth-order valence-corrected chi connectivity index (χ4v) is 4.96. The number of hydrogen-bond acceptors (Lipinski definition) is 6. The van der Waals surface area contributed by atoms with Gasteiger partial charge in [0.15, 0.2) is 0 Å². The van der Waals surface area contributed by atoms with Crippen LogP contribution in [-0.4, -0.2) is 56.5 Å². The number of halogens is 1. The van der Waals surface area contributed by atoms with Gasteiger partial charge in [0.1, 0.15) is 0 Å². The number of methoxy groups -OCH3 is 1. The standard InChI is InChI=1S/C19H23ClN4O4S/c1-14-12-23(9-8-21-14)29(26,27)24(18-5-3-4-16(20)10-18)13-17-7-6-15(11-22-17)19(25)28-2/h3-7,10-11,14,21H,8-9,12-13H2,1-2H3/t14-/m1/s1. The van der Waals surface area contributed by atoms with E-state index in [1.807, 2.05) is 6.92 Å². The molecule has 1 aliphatic heterocycles. The molecular formula is C19H23ClN4O4S. The zero-order valence-corrected chi connectivity index (χ0v) is 17.8. The van der Waals surface area contributed by atoms with E-state index in [0.29, 0.717) is 41.6 Å². The highest BCUT2D eigenvalue weighted by Crippen LogP contribution is 2.26. The van der Waals surface area contributed by atoms with Gasteiger partial charge in [-0.05, 0) is 37.3 Å². The van der Waals surface area contributed by atoms with Gasteiger partial charge in [0, 0.05) is 36.9 Å². The molecule has 0 aliphatic carbocycles. The SMILES string of the molecule is COC(=O)c1ccc(CN(c2cccc(Cl)c2)S(=O)(=O)N2CCN[C@H](C)C2)nc1. The average molecular weight is 439 g/mol. The Hall–Kier alpha value is -2.20. The molecule has 8 nitrogen and oxygen atoms in total. The molecule has 10 heteroatoms. The van der Waals surface area contributed by atoms with Crippen molar-refractivity contribution in [2.24, 2.45) is 0 Å². The van der Waals surface area contributed by atoms with Gasteiger partial charge in [-0.2, -0.15) is 12.7 Å². The quantitative estimate of drug-likeness (QED) is 0.694. The minimum atomic E-state index is -3.82. The summed E-state index contributed by atoms with van der Waals surface area (Å²) in [5, 5.41) is 3.68. The molecule has 0 unspecified atom stereocenters. The fraction of sp³-hybridized carbons (Fsp3) is 0.368. The highest BCUT2D eigenvalue weighted by atomic mass is 35.5. The van der Waals surface area contributed by atoms with Gasteiger partial charge in [0.25, 0.3) is 0 Å². The Morgan fingerprint density at radius 1 is 1.38 bits per heavy atom. The molecule has 3 rings (SSSR count). The van der Waals surface area contributed by atoms with E-state index >= 15 is 0 Å². The van der Waals surface area contributed by atoms with E-state index in [4.69, 9.17) is 11.6 Å². The first-order valence-corrected chi connectivity index (χ1v) is 10.9. The third-order valence-electron chi connectivity index (χ3n) is 4.58. The molecule has 2 aromatic rings. The Morgan fingerprint density at radius 2 is 2.17 bits per heavy atom. The van der Waals surface area contributed by atoms with Crippen LogP contribution in [0, 0.1) is 0 Å². The van der Waals surface area contributed by atoms with Gasteiger partial charge in [0.2, 0.25) is 0 Å². The number of pyridine rings is 1. The third kappa shape index (κ3) is 5.05. The highest BCUT2D eigenvalue weighted by molar-refractivity contribution is 7.90. The molecule has 1 aromatic carbocycles. The van der Waals surface area contributed by atoms with Gasteiger partial charge in [-0.1, -0.05) is 17.7 Å². The number of nitrogens with one attached hydrogen (secondary N) is 1. The average Bonchev–Trinajstić information content (AvgIpc) is 2.71. The van der Waals surface area contributed by atoms with Crippen molar-refractivity contribution in [1.82, 2.24) is 14.6 Å². The summed E-state index contributed by atoms with van der Waals surface area (Å²) in [5.41, 5.74) is 1.23. The predicted molar refractivity (Wildman–Crippen MR) is 111 cm³/mol. The largest absolute Gasteiger partial charge is 0.465 e. The molecule has 1 fully saturated rings. The van der Waals surface area contributed by atoms with Crippen LogP contribution in [0.5, 0.6) is 0 Å². The molecule has 0 bridgehead atoms. The Kier molecular flexibility index (Phi) is 6.74. The zero-order valence-electron chi connectivity index (χ0n) is 16.2. The molecule has 156 valence electrons. The second kappa shape index (κ2) is 9.08. The van der Waals surface area contributed by atoms with Crippen LogP contribution in [0.4, 0.5) is 5.69 Å². The van der Waals surface area contributed by atoms with E-state index in [0.717, 1.165) is 0 Å². The Morgan fingerprint density at radius 3 is 2.79 bits per heavy atom. The first-order valence-electron chi connectivity index (χ1n) is 9.11.